The first kappa shape index (κ1) is 20.9. The summed E-state index contributed by atoms with van der Waals surface area (Å²) >= 11 is 3.30. The largest absolute Gasteiger partial charge is 0.329 e. The van der Waals surface area contributed by atoms with Gasteiger partial charge in [-0.15, -0.1) is 0 Å². The van der Waals surface area contributed by atoms with Crippen LogP contribution in [0.5, 0.6) is 0 Å². The third-order valence-electron chi connectivity index (χ3n) is 5.17. The number of likely N-dealkylation sites (tertiary alicyclic amines) is 1. The highest BCUT2D eigenvalue weighted by Crippen LogP contribution is 2.18. The molecule has 1 N–H and O–H groups in total. The Labute approximate surface area is 187 Å². The summed E-state index contributed by atoms with van der Waals surface area (Å²) in [6.07, 6.45) is 7.10. The van der Waals surface area contributed by atoms with Crippen molar-refractivity contribution in [3.05, 3.63) is 82.1 Å². The first-order chi connectivity index (χ1) is 15.0. The fourth-order valence-corrected chi connectivity index (χ4v) is 3.87. The molecule has 0 unspecified atom stereocenters. The minimum Gasteiger partial charge on any atom is -0.329 e. The number of carbonyl (C=O) groups is 2. The van der Waals surface area contributed by atoms with Crippen LogP contribution in [-0.4, -0.2) is 43.8 Å². The second-order valence-corrected chi connectivity index (χ2v) is 8.15. The lowest BCUT2D eigenvalue weighted by Gasteiger charge is -2.16. The number of imidazole rings is 1. The van der Waals surface area contributed by atoms with Crippen molar-refractivity contribution in [2.75, 3.05) is 6.54 Å². The van der Waals surface area contributed by atoms with Crippen LogP contribution in [-0.2, 0) is 17.9 Å². The van der Waals surface area contributed by atoms with Crippen molar-refractivity contribution in [2.45, 2.75) is 25.6 Å². The van der Waals surface area contributed by atoms with Crippen LogP contribution < -0.4 is 5.32 Å². The van der Waals surface area contributed by atoms with Crippen LogP contribution in [0.15, 0.2) is 59.7 Å². The second-order valence-electron chi connectivity index (χ2n) is 7.23. The predicted octanol–water partition coefficient (Wildman–Crippen LogP) is 2.49. The van der Waals surface area contributed by atoms with Gasteiger partial charge in [0.1, 0.15) is 0 Å². The molecular formula is C22H19BrN6O2. The number of hydrogen-bond acceptors (Lipinski definition) is 6. The number of rotatable bonds is 6. The number of benzene rings is 1. The summed E-state index contributed by atoms with van der Waals surface area (Å²) in [5.74, 6) is -0.572. The van der Waals surface area contributed by atoms with Gasteiger partial charge in [-0.25, -0.2) is 4.98 Å². The van der Waals surface area contributed by atoms with E-state index in [-0.39, 0.29) is 11.8 Å². The van der Waals surface area contributed by atoms with Crippen molar-refractivity contribution in [2.24, 2.45) is 0 Å². The Kier molecular flexibility index (Phi) is 6.21. The summed E-state index contributed by atoms with van der Waals surface area (Å²) in [6.45, 7) is 1.43. The van der Waals surface area contributed by atoms with E-state index in [0.717, 1.165) is 11.3 Å². The van der Waals surface area contributed by atoms with E-state index in [1.165, 1.54) is 11.1 Å². The Hall–Kier alpha value is -3.35. The highest BCUT2D eigenvalue weighted by Gasteiger charge is 2.35. The van der Waals surface area contributed by atoms with E-state index in [4.69, 9.17) is 5.26 Å². The number of nitrogens with zero attached hydrogens (tertiary/aromatic N) is 5. The van der Waals surface area contributed by atoms with Gasteiger partial charge in [-0.3, -0.25) is 19.5 Å². The molecule has 9 heteroatoms. The predicted molar refractivity (Wildman–Crippen MR) is 116 cm³/mol. The van der Waals surface area contributed by atoms with E-state index >= 15 is 0 Å². The lowest BCUT2D eigenvalue weighted by atomic mass is 10.1. The van der Waals surface area contributed by atoms with Crippen molar-refractivity contribution in [3.63, 3.8) is 0 Å². The molecule has 0 saturated carbocycles. The minimum atomic E-state index is -0.428. The summed E-state index contributed by atoms with van der Waals surface area (Å²) < 4.78 is 2.68. The van der Waals surface area contributed by atoms with Crippen LogP contribution in [0.25, 0.3) is 0 Å². The first-order valence-electron chi connectivity index (χ1n) is 9.73. The smallest absolute Gasteiger partial charge is 0.262 e. The molecule has 3 aromatic rings. The number of hydrogen-bond donors (Lipinski definition) is 1. The quantitative estimate of drug-likeness (QED) is 0.545. The normalized spacial score (nSPS) is 15.8. The van der Waals surface area contributed by atoms with Gasteiger partial charge in [-0.05, 0) is 46.1 Å². The molecule has 0 radical (unpaired) electrons. The molecule has 2 amide bonds. The third-order valence-corrected chi connectivity index (χ3v) is 5.60. The van der Waals surface area contributed by atoms with Gasteiger partial charge in [0, 0.05) is 42.7 Å². The third kappa shape index (κ3) is 4.71. The summed E-state index contributed by atoms with van der Waals surface area (Å²) in [4.78, 5) is 34.9. The van der Waals surface area contributed by atoms with Gasteiger partial charge >= 0.3 is 0 Å². The molecule has 1 fully saturated rings. The Morgan fingerprint density at radius 3 is 2.77 bits per heavy atom. The van der Waals surface area contributed by atoms with Crippen molar-refractivity contribution in [3.8, 4) is 6.07 Å². The van der Waals surface area contributed by atoms with Crippen LogP contribution >= 0.6 is 15.9 Å². The molecule has 2 aromatic heterocycles. The highest BCUT2D eigenvalue weighted by molar-refractivity contribution is 9.10. The number of pyridine rings is 1. The maximum Gasteiger partial charge on any atom is 0.262 e. The maximum atomic E-state index is 12.8. The van der Waals surface area contributed by atoms with Crippen molar-refractivity contribution in [1.82, 2.24) is 24.8 Å². The standard InChI is InChI=1S/C22H19BrN6O2/c23-18-7-17(9-25-10-18)21(30)29-6-5-20(22(29)31)27-12-19-11-26-14-28(19)13-16-3-1-15(8-24)2-4-16/h1-4,7,9-11,14,20,27H,5-6,12-13H2/t20-/m1/s1. The number of halogens is 1. The topological polar surface area (TPSA) is 104 Å². The van der Waals surface area contributed by atoms with E-state index in [1.54, 1.807) is 36.9 Å². The van der Waals surface area contributed by atoms with Gasteiger partial charge in [0.25, 0.3) is 5.91 Å². The van der Waals surface area contributed by atoms with Gasteiger partial charge in [0.2, 0.25) is 5.91 Å². The van der Waals surface area contributed by atoms with Crippen LogP contribution in [0.4, 0.5) is 0 Å². The monoisotopic (exact) mass is 478 g/mol. The summed E-state index contributed by atoms with van der Waals surface area (Å²) in [6, 6.07) is 10.7. The zero-order chi connectivity index (χ0) is 21.8. The average molecular weight is 479 g/mol. The number of nitriles is 1. The fraction of sp³-hybridized carbons (Fsp3) is 0.227. The molecule has 0 bridgehead atoms. The van der Waals surface area contributed by atoms with E-state index < -0.39 is 6.04 Å². The summed E-state index contributed by atoms with van der Waals surface area (Å²) in [5, 5.41) is 12.2. The zero-order valence-corrected chi connectivity index (χ0v) is 18.1. The van der Waals surface area contributed by atoms with E-state index in [9.17, 15) is 9.59 Å². The van der Waals surface area contributed by atoms with Crippen LogP contribution in [0.2, 0.25) is 0 Å². The number of nitrogens with one attached hydrogen (secondary N) is 1. The van der Waals surface area contributed by atoms with E-state index in [0.29, 0.717) is 41.7 Å². The van der Waals surface area contributed by atoms with Crippen LogP contribution in [0.1, 0.15) is 33.6 Å². The van der Waals surface area contributed by atoms with Crippen molar-refractivity contribution in [1.29, 1.82) is 5.26 Å². The molecule has 31 heavy (non-hydrogen) atoms. The number of aromatic nitrogens is 3. The van der Waals surface area contributed by atoms with Crippen molar-refractivity contribution >= 4 is 27.7 Å². The van der Waals surface area contributed by atoms with Crippen molar-refractivity contribution < 1.29 is 9.59 Å². The van der Waals surface area contributed by atoms with E-state index in [1.807, 2.05) is 16.7 Å². The Balaban J connectivity index is 1.37. The molecule has 0 spiro atoms. The van der Waals surface area contributed by atoms with Gasteiger partial charge < -0.3 is 9.88 Å². The number of imide groups is 1. The summed E-state index contributed by atoms with van der Waals surface area (Å²) in [5.41, 5.74) is 2.98. The van der Waals surface area contributed by atoms with Gasteiger partial charge in [-0.2, -0.15) is 5.26 Å². The molecule has 1 aliphatic heterocycles. The molecule has 156 valence electrons. The molecule has 0 aliphatic carbocycles. The van der Waals surface area contributed by atoms with Gasteiger partial charge in [0.15, 0.2) is 0 Å². The summed E-state index contributed by atoms with van der Waals surface area (Å²) in [7, 11) is 0. The first-order valence-corrected chi connectivity index (χ1v) is 10.5. The highest BCUT2D eigenvalue weighted by atomic mass is 79.9. The SMILES string of the molecule is N#Cc1ccc(Cn2cncc2CN[C@@H]2CCN(C(=O)c3cncc(Br)c3)C2=O)cc1. The molecule has 4 rings (SSSR count). The molecule has 8 nitrogen and oxygen atoms in total. The Morgan fingerprint density at radius 1 is 1.23 bits per heavy atom. The van der Waals surface area contributed by atoms with Crippen LogP contribution in [0.3, 0.4) is 0 Å². The molecular weight excluding hydrogens is 460 g/mol. The molecule has 1 atom stereocenters. The fourth-order valence-electron chi connectivity index (χ4n) is 3.50. The number of amides is 2. The number of carbonyl (C=O) groups excluding carboxylic acids is 2. The van der Waals surface area contributed by atoms with Crippen LogP contribution in [0, 0.1) is 11.3 Å². The van der Waals surface area contributed by atoms with Gasteiger partial charge in [0.05, 0.1) is 35.3 Å². The lowest BCUT2D eigenvalue weighted by molar-refractivity contribution is -0.127. The lowest BCUT2D eigenvalue weighted by Crippen LogP contribution is -2.40. The van der Waals surface area contributed by atoms with Gasteiger partial charge in [-0.1, -0.05) is 12.1 Å². The molecule has 1 aromatic carbocycles. The second kappa shape index (κ2) is 9.20. The van der Waals surface area contributed by atoms with E-state index in [2.05, 4.69) is 37.3 Å². The Bertz CT molecular complexity index is 1150. The average Bonchev–Trinajstić information content (AvgIpc) is 3.38. The maximum absolute atomic E-state index is 12.8. The molecule has 3 heterocycles. The minimum absolute atomic E-state index is 0.233. The molecule has 1 saturated heterocycles. The Morgan fingerprint density at radius 2 is 2.03 bits per heavy atom. The molecule has 1 aliphatic rings. The zero-order valence-electron chi connectivity index (χ0n) is 16.5.